The van der Waals surface area contributed by atoms with Crippen LogP contribution in [-0.2, 0) is 23.8 Å². The van der Waals surface area contributed by atoms with Gasteiger partial charge in [0.15, 0.2) is 11.3 Å². The van der Waals surface area contributed by atoms with Crippen LogP contribution in [-0.4, -0.2) is 151 Å². The lowest BCUT2D eigenvalue weighted by Crippen LogP contribution is -2.48. The largest absolute Gasteiger partial charge is 0.507 e. The summed E-state index contributed by atoms with van der Waals surface area (Å²) in [7, 11) is 1.47. The fourth-order valence-corrected chi connectivity index (χ4v) is 11.7. The summed E-state index contributed by atoms with van der Waals surface area (Å²) < 4.78 is 31.3. The maximum Gasteiger partial charge on any atom is 0.312 e. The SMILES string of the molecule is COC1C=COC2(C)Oc3c(C)c(O)c4c(=O)c(c5oc6cc(N7CCN(CC(C)C)CC7)cc(N7CCN(CC(C)C)CC7)c6nc-5c4c3C2=O)NC(=O)C(C)=CC=CC(C)C(O)C(C)C(O)C(C)C(OC(C)=O)C1C. The van der Waals surface area contributed by atoms with Gasteiger partial charge in [0.25, 0.3) is 11.7 Å². The predicted octanol–water partition coefficient (Wildman–Crippen LogP) is 7.51. The zero-order chi connectivity index (χ0) is 55.9. The van der Waals surface area contributed by atoms with E-state index in [1.54, 1.807) is 58.9 Å². The topological polar surface area (TPSA) is 217 Å². The van der Waals surface area contributed by atoms with Crippen molar-refractivity contribution in [1.29, 1.82) is 0 Å². The van der Waals surface area contributed by atoms with Crippen molar-refractivity contribution in [2.45, 2.75) is 113 Å². The molecule has 0 saturated carbocycles. The number of amides is 1. The number of hydrogen-bond acceptors (Lipinski definition) is 17. The van der Waals surface area contributed by atoms with Gasteiger partial charge in [-0.05, 0) is 37.8 Å². The van der Waals surface area contributed by atoms with Crippen LogP contribution in [0.15, 0.2) is 57.5 Å². The fraction of sp³-hybridized carbons (Fsp3) is 0.576. The summed E-state index contributed by atoms with van der Waals surface area (Å²) in [5.74, 6) is -6.09. The van der Waals surface area contributed by atoms with Crippen LogP contribution >= 0.6 is 0 Å². The number of allylic oxidation sites excluding steroid dienone is 2. The summed E-state index contributed by atoms with van der Waals surface area (Å²) in [4.78, 5) is 72.4. The number of hydrogen-bond donors (Lipinski definition) is 4. The third-order valence-electron chi connectivity index (χ3n) is 16.1. The Bertz CT molecular complexity index is 2990. The molecule has 9 unspecified atom stereocenters. The van der Waals surface area contributed by atoms with E-state index in [0.717, 1.165) is 63.7 Å². The summed E-state index contributed by atoms with van der Waals surface area (Å²) in [5, 5.41) is 38.0. The third kappa shape index (κ3) is 11.5. The van der Waals surface area contributed by atoms with Crippen LogP contribution in [0.5, 0.6) is 11.5 Å². The van der Waals surface area contributed by atoms with Crippen molar-refractivity contribution < 1.29 is 53.1 Å². The van der Waals surface area contributed by atoms with Gasteiger partial charge in [0, 0.05) is 138 Å². The lowest BCUT2D eigenvalue weighted by Gasteiger charge is -2.39. The van der Waals surface area contributed by atoms with Gasteiger partial charge in [0.1, 0.15) is 34.5 Å². The van der Waals surface area contributed by atoms with E-state index in [4.69, 9.17) is 28.3 Å². The molecule has 2 saturated heterocycles. The van der Waals surface area contributed by atoms with Gasteiger partial charge >= 0.3 is 11.8 Å². The number of aliphatic hydroxyl groups is 2. The molecule has 77 heavy (non-hydrogen) atoms. The lowest BCUT2D eigenvalue weighted by atomic mass is 9.78. The molecule has 1 amide bonds. The van der Waals surface area contributed by atoms with Crippen LogP contribution in [0.1, 0.15) is 92.1 Å². The van der Waals surface area contributed by atoms with Crippen LogP contribution in [0.3, 0.4) is 0 Å². The standard InChI is InChI=1S/C59H80N6O12/c1-31(2)29-62-18-22-64(23-19-62)40-27-41(65-24-20-63(21-25-65)30-32(3)4)47-43(28-40)76-56-48(60-47)44-45-52(69)38(10)55-46(44)57(71)59(12,77-55)74-26-17-42(73-13)35(7)54(75-39(11)66)37(9)51(68)36(8)50(67)33(5)15-14-16-34(6)58(72)61-49(56)53(45)70/h14-17,26-28,31-33,35-37,42,50-51,54,67-69H,18-25,29-30H2,1-13H3,(H,61,72). The maximum absolute atomic E-state index is 15.3. The quantitative estimate of drug-likeness (QED) is 0.0763. The number of benzene rings is 3. The third-order valence-corrected chi connectivity index (χ3v) is 16.1. The summed E-state index contributed by atoms with van der Waals surface area (Å²) in [6.45, 7) is 30.0. The van der Waals surface area contributed by atoms with Gasteiger partial charge in [-0.25, -0.2) is 4.98 Å². The molecule has 2 aromatic rings. The molecule has 2 fully saturated rings. The molecule has 0 aromatic heterocycles. The Kier molecular flexibility index (Phi) is 17.1. The Labute approximate surface area is 452 Å². The van der Waals surface area contributed by atoms with Crippen molar-refractivity contribution in [2.24, 2.45) is 35.5 Å². The molecule has 418 valence electrons. The van der Waals surface area contributed by atoms with Crippen molar-refractivity contribution in [3.8, 4) is 23.0 Å². The molecule has 5 heterocycles. The van der Waals surface area contributed by atoms with E-state index in [1.165, 1.54) is 34.1 Å². The first-order chi connectivity index (χ1) is 36.4. The normalized spacial score (nSPS) is 27.5. The van der Waals surface area contributed by atoms with E-state index in [2.05, 4.69) is 58.7 Å². The van der Waals surface area contributed by atoms with Crippen LogP contribution < -0.4 is 25.3 Å². The molecule has 18 heteroatoms. The number of rotatable bonds is 8. The number of Topliss-reactive ketones (excluding diaryl/α,β-unsaturated/α-hetero) is 1. The summed E-state index contributed by atoms with van der Waals surface area (Å²) in [6.07, 6.45) is 3.75. The van der Waals surface area contributed by atoms with Crippen molar-refractivity contribution in [3.63, 3.8) is 0 Å². The first-order valence-corrected chi connectivity index (χ1v) is 27.3. The number of carbonyl (C=O) groups is 3. The number of ether oxygens (including phenoxy) is 4. The smallest absolute Gasteiger partial charge is 0.312 e. The van der Waals surface area contributed by atoms with Gasteiger partial charge in [-0.3, -0.25) is 29.0 Å². The van der Waals surface area contributed by atoms with E-state index in [1.807, 2.05) is 6.07 Å². The molecule has 8 rings (SSSR count). The second-order valence-electron chi connectivity index (χ2n) is 22.9. The van der Waals surface area contributed by atoms with Gasteiger partial charge in [0.05, 0.1) is 41.2 Å². The second-order valence-corrected chi connectivity index (χ2v) is 22.9. The zero-order valence-electron chi connectivity index (χ0n) is 47.1. The molecule has 0 radical (unpaired) electrons. The number of esters is 1. The number of fused-ring (bicyclic) bond motifs is 2. The zero-order valence-corrected chi connectivity index (χ0v) is 47.1. The molecule has 18 nitrogen and oxygen atoms in total. The number of phenols is 1. The second kappa shape index (κ2) is 23.1. The first kappa shape index (κ1) is 57.1. The number of phenolic OH excluding ortho intramolecular Hbond substituents is 1. The Morgan fingerprint density at radius 1 is 0.857 bits per heavy atom. The minimum atomic E-state index is -2.05. The Hall–Kier alpha value is -6.05. The van der Waals surface area contributed by atoms with E-state index < -0.39 is 82.7 Å². The van der Waals surface area contributed by atoms with Gasteiger partial charge < -0.3 is 53.8 Å². The van der Waals surface area contributed by atoms with Gasteiger partial charge in [-0.1, -0.05) is 73.6 Å². The molecule has 6 aliphatic rings. The molecule has 4 N–H and O–H groups in total. The van der Waals surface area contributed by atoms with Crippen molar-refractivity contribution >= 4 is 56.6 Å². The number of carbonyl (C=O) groups excluding carboxylic acids is 3. The molecule has 0 spiro atoms. The monoisotopic (exact) mass is 1060 g/mol. The van der Waals surface area contributed by atoms with Crippen LogP contribution in [0, 0.1) is 42.4 Å². The number of nitrogens with one attached hydrogen (secondary N) is 1. The minimum absolute atomic E-state index is 0.0280. The van der Waals surface area contributed by atoms with Crippen LogP contribution in [0.25, 0.3) is 33.3 Å². The highest BCUT2D eigenvalue weighted by Gasteiger charge is 2.50. The minimum Gasteiger partial charge on any atom is -0.507 e. The average molecular weight is 1070 g/mol. The number of methoxy groups -OCH3 is 1. The molecular weight excluding hydrogens is 985 g/mol. The Morgan fingerprint density at radius 3 is 2.08 bits per heavy atom. The summed E-state index contributed by atoms with van der Waals surface area (Å²) >= 11 is 0. The number of ketones is 1. The number of aliphatic hydroxyl groups excluding tert-OH is 2. The van der Waals surface area contributed by atoms with Gasteiger partial charge in [0.2, 0.25) is 5.43 Å². The van der Waals surface area contributed by atoms with Gasteiger partial charge in [-0.15, -0.1) is 0 Å². The number of anilines is 3. The lowest BCUT2D eigenvalue weighted by molar-refractivity contribution is -0.160. The molecular formula is C59H80N6O12. The molecule has 1 aliphatic carbocycles. The van der Waals surface area contributed by atoms with Crippen molar-refractivity contribution in [1.82, 2.24) is 14.8 Å². The van der Waals surface area contributed by atoms with E-state index in [-0.39, 0.29) is 50.4 Å². The number of nitrogens with zero attached hydrogens (tertiary/aromatic N) is 5. The van der Waals surface area contributed by atoms with Crippen LogP contribution in [0.2, 0.25) is 0 Å². The van der Waals surface area contributed by atoms with Gasteiger partial charge in [-0.2, -0.15) is 0 Å². The summed E-state index contributed by atoms with van der Waals surface area (Å²) in [6, 6.07) is 4.07. The number of aromatic nitrogens is 1. The molecule has 5 aliphatic heterocycles. The fourth-order valence-electron chi connectivity index (χ4n) is 11.7. The van der Waals surface area contributed by atoms with E-state index >= 15 is 9.59 Å². The maximum atomic E-state index is 15.3. The summed E-state index contributed by atoms with van der Waals surface area (Å²) in [5.41, 5.74) is 1.67. The first-order valence-electron chi connectivity index (χ1n) is 27.3. The highest BCUT2D eigenvalue weighted by Crippen LogP contribution is 2.51. The Morgan fingerprint density at radius 2 is 1.48 bits per heavy atom. The van der Waals surface area contributed by atoms with Crippen molar-refractivity contribution in [2.75, 3.05) is 87.7 Å². The molecule has 4 bridgehead atoms. The Balaban J connectivity index is 1.35. The molecule has 9 atom stereocenters. The predicted molar refractivity (Wildman–Crippen MR) is 298 cm³/mol. The van der Waals surface area contributed by atoms with E-state index in [0.29, 0.717) is 36.0 Å². The number of aromatic hydroxyl groups is 1. The highest BCUT2D eigenvalue weighted by molar-refractivity contribution is 6.22. The van der Waals surface area contributed by atoms with E-state index in [9.17, 15) is 24.9 Å². The number of piperazine rings is 2. The highest BCUT2D eigenvalue weighted by atomic mass is 16.7. The van der Waals surface area contributed by atoms with Crippen molar-refractivity contribution in [3.05, 3.63) is 69.6 Å². The average Bonchev–Trinajstić information content (AvgIpc) is 3.80. The molecule has 2 aromatic carbocycles. The van der Waals surface area contributed by atoms with Crippen LogP contribution in [0.4, 0.5) is 17.1 Å².